The Kier molecular flexibility index (Phi) is 11.3. The molecule has 0 aromatic heterocycles. The molecule has 0 spiro atoms. The summed E-state index contributed by atoms with van der Waals surface area (Å²) in [6.45, 7) is 9.50. The lowest BCUT2D eigenvalue weighted by Crippen LogP contribution is -2.44. The molecular formula is C19H38N4O3. The number of carbonyl (C=O) groups is 1. The van der Waals surface area contributed by atoms with Gasteiger partial charge < -0.3 is 25.0 Å². The number of nitrogens with one attached hydrogen (secondary N) is 2. The van der Waals surface area contributed by atoms with Crippen molar-refractivity contribution in [3.05, 3.63) is 0 Å². The normalized spacial score (nSPS) is 19.3. The highest BCUT2D eigenvalue weighted by molar-refractivity contribution is 5.84. The van der Waals surface area contributed by atoms with Crippen LogP contribution in [0.1, 0.15) is 46.5 Å². The maximum absolute atomic E-state index is 11.8. The maximum atomic E-state index is 11.8. The molecule has 1 saturated heterocycles. The summed E-state index contributed by atoms with van der Waals surface area (Å²) in [5.41, 5.74) is 0. The van der Waals surface area contributed by atoms with E-state index in [1.807, 2.05) is 6.92 Å². The molecule has 2 atom stereocenters. The molecule has 2 unspecified atom stereocenters. The first-order chi connectivity index (χ1) is 12.4. The molecule has 0 saturated carbocycles. The number of likely N-dealkylation sites (N-methyl/N-ethyl adjacent to an activating group) is 1. The van der Waals surface area contributed by atoms with Crippen molar-refractivity contribution in [3.63, 3.8) is 0 Å². The first kappa shape index (κ1) is 22.7. The van der Waals surface area contributed by atoms with E-state index in [1.165, 1.54) is 6.42 Å². The van der Waals surface area contributed by atoms with Crippen molar-refractivity contribution in [2.45, 2.75) is 58.7 Å². The maximum Gasteiger partial charge on any atom is 0.243 e. The highest BCUT2D eigenvalue weighted by Gasteiger charge is 2.16. The van der Waals surface area contributed by atoms with Crippen LogP contribution < -0.4 is 10.6 Å². The quantitative estimate of drug-likeness (QED) is 0.452. The van der Waals surface area contributed by atoms with Crippen molar-refractivity contribution in [1.29, 1.82) is 0 Å². The number of rotatable bonds is 10. The number of carbonyl (C=O) groups excluding carboxylic acids is 1. The minimum atomic E-state index is -0.0191. The summed E-state index contributed by atoms with van der Waals surface area (Å²) in [7, 11) is 3.48. The van der Waals surface area contributed by atoms with E-state index in [9.17, 15) is 4.79 Å². The number of hydrogen-bond acceptors (Lipinski definition) is 4. The van der Waals surface area contributed by atoms with Crippen molar-refractivity contribution < 1.29 is 14.3 Å². The summed E-state index contributed by atoms with van der Waals surface area (Å²) in [6, 6.07) is 0. The molecule has 0 aromatic carbocycles. The molecule has 1 heterocycles. The Hall–Kier alpha value is -1.34. The predicted molar refractivity (Wildman–Crippen MR) is 105 cm³/mol. The lowest BCUT2D eigenvalue weighted by Gasteiger charge is -2.24. The van der Waals surface area contributed by atoms with Crippen molar-refractivity contribution >= 4 is 11.9 Å². The molecule has 152 valence electrons. The zero-order valence-electron chi connectivity index (χ0n) is 17.2. The SMILES string of the molecule is CCOC(CCNC(=NCC(=O)N(C)C)NCC1CCCCO1)C(C)C. The number of ether oxygens (including phenoxy) is 2. The van der Waals surface area contributed by atoms with Crippen LogP contribution in [0.5, 0.6) is 0 Å². The van der Waals surface area contributed by atoms with Crippen molar-refractivity contribution in [1.82, 2.24) is 15.5 Å². The largest absolute Gasteiger partial charge is 0.378 e. The van der Waals surface area contributed by atoms with E-state index in [0.29, 0.717) is 18.4 Å². The van der Waals surface area contributed by atoms with Crippen LogP contribution in [-0.4, -0.2) is 75.9 Å². The molecule has 1 fully saturated rings. The molecule has 0 aliphatic carbocycles. The predicted octanol–water partition coefficient (Wildman–Crippen LogP) is 1.63. The molecule has 7 heteroatoms. The van der Waals surface area contributed by atoms with Crippen molar-refractivity contribution in [3.8, 4) is 0 Å². The van der Waals surface area contributed by atoms with E-state index in [4.69, 9.17) is 9.47 Å². The summed E-state index contributed by atoms with van der Waals surface area (Å²) in [5, 5.41) is 6.65. The van der Waals surface area contributed by atoms with Gasteiger partial charge in [-0.05, 0) is 38.5 Å². The fourth-order valence-electron chi connectivity index (χ4n) is 2.80. The van der Waals surface area contributed by atoms with Crippen LogP contribution in [0.25, 0.3) is 0 Å². The minimum Gasteiger partial charge on any atom is -0.378 e. The fraction of sp³-hybridized carbons (Fsp3) is 0.895. The van der Waals surface area contributed by atoms with Gasteiger partial charge in [0.2, 0.25) is 5.91 Å². The Balaban J connectivity index is 2.52. The van der Waals surface area contributed by atoms with Gasteiger partial charge in [0.25, 0.3) is 0 Å². The van der Waals surface area contributed by atoms with Gasteiger partial charge in [0.1, 0.15) is 6.54 Å². The molecule has 1 rings (SSSR count). The van der Waals surface area contributed by atoms with Crippen molar-refractivity contribution in [2.75, 3.05) is 46.9 Å². The molecule has 0 bridgehead atoms. The molecule has 1 aliphatic heterocycles. The summed E-state index contributed by atoms with van der Waals surface area (Å²) in [4.78, 5) is 17.8. The minimum absolute atomic E-state index is 0.0191. The number of aliphatic imine (C=N–C) groups is 1. The van der Waals surface area contributed by atoms with Crippen molar-refractivity contribution in [2.24, 2.45) is 10.9 Å². The summed E-state index contributed by atoms with van der Waals surface area (Å²) < 4.78 is 11.5. The Labute approximate surface area is 158 Å². The second-order valence-electron chi connectivity index (χ2n) is 7.28. The van der Waals surface area contributed by atoms with Gasteiger partial charge in [0.05, 0.1) is 12.2 Å². The van der Waals surface area contributed by atoms with Crippen LogP contribution in [-0.2, 0) is 14.3 Å². The highest BCUT2D eigenvalue weighted by Crippen LogP contribution is 2.12. The molecule has 1 aliphatic rings. The average molecular weight is 371 g/mol. The Morgan fingerprint density at radius 3 is 2.65 bits per heavy atom. The molecule has 1 amide bonds. The van der Waals surface area contributed by atoms with Gasteiger partial charge in [0.15, 0.2) is 5.96 Å². The van der Waals surface area contributed by atoms with E-state index in [-0.39, 0.29) is 24.7 Å². The van der Waals surface area contributed by atoms with E-state index in [2.05, 4.69) is 29.5 Å². The number of guanidine groups is 1. The van der Waals surface area contributed by atoms with Crippen LogP contribution in [0.3, 0.4) is 0 Å². The summed E-state index contributed by atoms with van der Waals surface area (Å²) in [5.74, 6) is 1.11. The second kappa shape index (κ2) is 12.9. The van der Waals surface area contributed by atoms with E-state index < -0.39 is 0 Å². The van der Waals surface area contributed by atoms with E-state index in [0.717, 1.165) is 39.0 Å². The van der Waals surface area contributed by atoms with Crippen LogP contribution in [0, 0.1) is 5.92 Å². The van der Waals surface area contributed by atoms with Crippen LogP contribution in [0.15, 0.2) is 4.99 Å². The first-order valence-electron chi connectivity index (χ1n) is 9.89. The molecule has 0 aromatic rings. The van der Waals surface area contributed by atoms with Crippen LogP contribution in [0.2, 0.25) is 0 Å². The van der Waals surface area contributed by atoms with E-state index in [1.54, 1.807) is 19.0 Å². The number of amides is 1. The van der Waals surface area contributed by atoms with E-state index >= 15 is 0 Å². The Morgan fingerprint density at radius 1 is 1.31 bits per heavy atom. The molecule has 7 nitrogen and oxygen atoms in total. The summed E-state index contributed by atoms with van der Waals surface area (Å²) >= 11 is 0. The third-order valence-corrected chi connectivity index (χ3v) is 4.49. The molecular weight excluding hydrogens is 332 g/mol. The van der Waals surface area contributed by atoms with Crippen LogP contribution in [0.4, 0.5) is 0 Å². The van der Waals surface area contributed by atoms with Gasteiger partial charge >= 0.3 is 0 Å². The highest BCUT2D eigenvalue weighted by atomic mass is 16.5. The topological polar surface area (TPSA) is 75.2 Å². The monoisotopic (exact) mass is 370 g/mol. The van der Waals surface area contributed by atoms with Gasteiger partial charge in [-0.1, -0.05) is 13.8 Å². The van der Waals surface area contributed by atoms with Crippen LogP contribution >= 0.6 is 0 Å². The lowest BCUT2D eigenvalue weighted by atomic mass is 10.0. The number of nitrogens with zero attached hydrogens (tertiary/aromatic N) is 2. The molecule has 26 heavy (non-hydrogen) atoms. The first-order valence-corrected chi connectivity index (χ1v) is 9.89. The standard InChI is InChI=1S/C19H38N4O3/c1-6-25-17(15(2)3)10-11-20-19(22-14-18(24)23(4)5)21-13-16-9-7-8-12-26-16/h15-17H,6-14H2,1-5H3,(H2,20,21,22). The number of hydrogen-bond donors (Lipinski definition) is 2. The van der Waals surface area contributed by atoms with Gasteiger partial charge in [-0.25, -0.2) is 4.99 Å². The summed E-state index contributed by atoms with van der Waals surface area (Å²) in [6.07, 6.45) is 4.74. The second-order valence-corrected chi connectivity index (χ2v) is 7.28. The zero-order chi connectivity index (χ0) is 19.4. The van der Waals surface area contributed by atoms with Gasteiger partial charge in [0, 0.05) is 40.4 Å². The third kappa shape index (κ3) is 9.38. The third-order valence-electron chi connectivity index (χ3n) is 4.49. The average Bonchev–Trinajstić information content (AvgIpc) is 2.62. The lowest BCUT2D eigenvalue weighted by molar-refractivity contribution is -0.127. The smallest absolute Gasteiger partial charge is 0.243 e. The van der Waals surface area contributed by atoms with Gasteiger partial charge in [-0.2, -0.15) is 0 Å². The Morgan fingerprint density at radius 2 is 2.08 bits per heavy atom. The zero-order valence-corrected chi connectivity index (χ0v) is 17.2. The molecule has 2 N–H and O–H groups in total. The fourth-order valence-corrected chi connectivity index (χ4v) is 2.80. The van der Waals surface area contributed by atoms with Gasteiger partial charge in [-0.15, -0.1) is 0 Å². The Bertz CT molecular complexity index is 421. The van der Waals surface area contributed by atoms with Gasteiger partial charge in [-0.3, -0.25) is 4.79 Å². The molecule has 0 radical (unpaired) electrons.